The molecule has 10 nitrogen and oxygen atoms in total. The maximum absolute atomic E-state index is 5.44. The second kappa shape index (κ2) is 9.41. The number of rotatable bonds is 4. The average Bonchev–Trinajstić information content (AvgIpc) is 3.66. The lowest BCUT2D eigenvalue weighted by Gasteiger charge is -2.06. The smallest absolute Gasteiger partial charge is 0.146 e. The number of hydrogen-bond donors (Lipinski definition) is 0. The first-order chi connectivity index (χ1) is 17.0. The van der Waals surface area contributed by atoms with Crippen molar-refractivity contribution in [2.45, 2.75) is 0 Å². The number of halogens is 1. The number of fused-ring (bicyclic) bond motifs is 2. The van der Waals surface area contributed by atoms with Crippen LogP contribution in [0.25, 0.3) is 33.3 Å². The number of aryl methyl sites for hydroxylation is 2. The van der Waals surface area contributed by atoms with Gasteiger partial charge in [-0.1, -0.05) is 0 Å². The molecule has 0 unspecified atom stereocenters. The molecule has 0 saturated carbocycles. The molecule has 0 aliphatic rings. The molecule has 6 heterocycles. The molecule has 0 aliphatic heterocycles. The Kier molecular flexibility index (Phi) is 6.16. The largest absolute Gasteiger partial charge is 0.494 e. The highest BCUT2D eigenvalue weighted by atomic mass is 127. The number of aromatic nitrogens is 8. The summed E-state index contributed by atoms with van der Waals surface area (Å²) < 4.78 is 19.1. The van der Waals surface area contributed by atoms with Crippen LogP contribution in [-0.2, 0) is 14.1 Å². The summed E-state index contributed by atoms with van der Waals surface area (Å²) in [5, 5.41) is 16.9. The summed E-state index contributed by atoms with van der Waals surface area (Å²) in [6.45, 7) is 0. The number of pyridine rings is 2. The summed E-state index contributed by atoms with van der Waals surface area (Å²) in [5.74, 6) is 1.63. The molecular weight excluding hydrogens is 559 g/mol. The third-order valence-electron chi connectivity index (χ3n) is 5.52. The second-order valence-corrected chi connectivity index (χ2v) is 9.01. The summed E-state index contributed by atoms with van der Waals surface area (Å²) >= 11 is 2.25. The van der Waals surface area contributed by atoms with Crippen LogP contribution in [0.1, 0.15) is 0 Å². The first kappa shape index (κ1) is 22.9. The predicted molar refractivity (Wildman–Crippen MR) is 141 cm³/mol. The van der Waals surface area contributed by atoms with E-state index in [1.54, 1.807) is 34.3 Å². The minimum atomic E-state index is 0.809. The fraction of sp³-hybridized carbons (Fsp3) is 0.167. The summed E-state index contributed by atoms with van der Waals surface area (Å²) in [7, 11) is 7.13. The van der Waals surface area contributed by atoms with Crippen LogP contribution in [0, 0.1) is 3.57 Å². The zero-order valence-electron chi connectivity index (χ0n) is 19.6. The van der Waals surface area contributed by atoms with Crippen LogP contribution in [-0.4, -0.2) is 53.0 Å². The van der Waals surface area contributed by atoms with Crippen molar-refractivity contribution < 1.29 is 9.47 Å². The Hall–Kier alpha value is -3.87. The Morgan fingerprint density at radius 1 is 0.686 bits per heavy atom. The second-order valence-electron chi connectivity index (χ2n) is 7.85. The molecule has 11 heteroatoms. The lowest BCUT2D eigenvalue weighted by atomic mass is 10.1. The van der Waals surface area contributed by atoms with Gasteiger partial charge in [0.2, 0.25) is 0 Å². The van der Waals surface area contributed by atoms with E-state index in [1.165, 1.54) is 0 Å². The van der Waals surface area contributed by atoms with Gasteiger partial charge < -0.3 is 9.47 Å². The van der Waals surface area contributed by atoms with Crippen molar-refractivity contribution >= 4 is 33.6 Å². The Morgan fingerprint density at radius 2 is 1.29 bits per heavy atom. The van der Waals surface area contributed by atoms with E-state index in [0.717, 1.165) is 48.4 Å². The fourth-order valence-corrected chi connectivity index (χ4v) is 4.46. The molecule has 6 rings (SSSR count). The zero-order chi connectivity index (χ0) is 24.5. The van der Waals surface area contributed by atoms with Gasteiger partial charge >= 0.3 is 0 Å². The highest BCUT2D eigenvalue weighted by molar-refractivity contribution is 14.1. The molecule has 178 valence electrons. The van der Waals surface area contributed by atoms with Crippen molar-refractivity contribution in [2.24, 2.45) is 14.1 Å². The van der Waals surface area contributed by atoms with Crippen molar-refractivity contribution in [2.75, 3.05) is 14.2 Å². The normalized spacial score (nSPS) is 11.0. The topological polar surface area (TPSA) is 88.7 Å². The minimum Gasteiger partial charge on any atom is -0.494 e. The van der Waals surface area contributed by atoms with E-state index in [0.29, 0.717) is 0 Å². The van der Waals surface area contributed by atoms with E-state index in [2.05, 4.69) is 43.0 Å². The summed E-state index contributed by atoms with van der Waals surface area (Å²) in [5.41, 5.74) is 6.11. The van der Waals surface area contributed by atoms with E-state index in [1.807, 2.05) is 80.2 Å². The molecule has 0 bridgehead atoms. The highest BCUT2D eigenvalue weighted by Crippen LogP contribution is 2.30. The van der Waals surface area contributed by atoms with E-state index >= 15 is 0 Å². The molecule has 0 amide bonds. The fourth-order valence-electron chi connectivity index (χ4n) is 3.82. The molecule has 0 fully saturated rings. The Labute approximate surface area is 214 Å². The average molecular weight is 582 g/mol. The summed E-state index contributed by atoms with van der Waals surface area (Å²) in [6.07, 6.45) is 15.1. The molecule has 0 saturated heterocycles. The number of ether oxygens (including phenoxy) is 2. The number of methoxy groups -OCH3 is 2. The van der Waals surface area contributed by atoms with Crippen molar-refractivity contribution in [3.05, 3.63) is 71.3 Å². The molecule has 6 aromatic heterocycles. The van der Waals surface area contributed by atoms with Crippen LogP contribution >= 0.6 is 22.6 Å². The molecule has 0 N–H and O–H groups in total. The van der Waals surface area contributed by atoms with Crippen molar-refractivity contribution in [3.8, 4) is 33.8 Å². The maximum Gasteiger partial charge on any atom is 0.146 e. The molecule has 0 spiro atoms. The van der Waals surface area contributed by atoms with Gasteiger partial charge in [-0.3, -0.25) is 9.36 Å². The van der Waals surface area contributed by atoms with Gasteiger partial charge in [0, 0.05) is 61.1 Å². The Balaban J connectivity index is 0.000000145. The van der Waals surface area contributed by atoms with E-state index in [-0.39, 0.29) is 0 Å². The van der Waals surface area contributed by atoms with E-state index in [9.17, 15) is 0 Å². The van der Waals surface area contributed by atoms with E-state index < -0.39 is 0 Å². The van der Waals surface area contributed by atoms with Crippen LogP contribution < -0.4 is 9.47 Å². The summed E-state index contributed by atoms with van der Waals surface area (Å²) in [4.78, 5) is 0. The summed E-state index contributed by atoms with van der Waals surface area (Å²) in [6, 6.07) is 5.93. The number of hydrogen-bond acceptors (Lipinski definition) is 6. The zero-order valence-corrected chi connectivity index (χ0v) is 21.8. The van der Waals surface area contributed by atoms with Crippen LogP contribution in [0.3, 0.4) is 0 Å². The van der Waals surface area contributed by atoms with Crippen LogP contribution in [0.15, 0.2) is 67.8 Å². The van der Waals surface area contributed by atoms with Gasteiger partial charge in [0.15, 0.2) is 0 Å². The van der Waals surface area contributed by atoms with Gasteiger partial charge in [-0.2, -0.15) is 20.4 Å². The Morgan fingerprint density at radius 3 is 1.86 bits per heavy atom. The molecule has 0 atom stereocenters. The lowest BCUT2D eigenvalue weighted by molar-refractivity contribution is 0.417. The van der Waals surface area contributed by atoms with Gasteiger partial charge in [-0.15, -0.1) is 0 Å². The predicted octanol–water partition coefficient (Wildman–Crippen LogP) is 4.09. The standard InChI is InChI=1S/C12H11IN4O.C12H12N4O/c1-16-6-9(4-14-16)8-3-11(18-2)12-10(13)5-15-17(12)7-8;1-15-7-10(6-14-15)9-5-12(17-2)11-3-4-13-16(11)8-9/h3-7H,1-2H3;3-8H,1-2H3. The van der Waals surface area contributed by atoms with Gasteiger partial charge in [-0.25, -0.2) is 9.03 Å². The van der Waals surface area contributed by atoms with Gasteiger partial charge in [0.25, 0.3) is 0 Å². The van der Waals surface area contributed by atoms with Crippen molar-refractivity contribution in [1.29, 1.82) is 0 Å². The van der Waals surface area contributed by atoms with Crippen molar-refractivity contribution in [3.63, 3.8) is 0 Å². The Bertz CT molecular complexity index is 1630. The van der Waals surface area contributed by atoms with Gasteiger partial charge in [-0.05, 0) is 40.8 Å². The first-order valence-corrected chi connectivity index (χ1v) is 11.7. The SMILES string of the molecule is COc1cc(-c2cnn(C)c2)cn2ncc(I)c12.COc1cc(-c2cnn(C)c2)cn2nccc12. The first-order valence-electron chi connectivity index (χ1n) is 10.7. The third kappa shape index (κ3) is 4.46. The van der Waals surface area contributed by atoms with Gasteiger partial charge in [0.05, 0.1) is 42.6 Å². The molecule has 35 heavy (non-hydrogen) atoms. The molecule has 0 aliphatic carbocycles. The van der Waals surface area contributed by atoms with Gasteiger partial charge in [0.1, 0.15) is 22.5 Å². The van der Waals surface area contributed by atoms with Crippen LogP contribution in [0.5, 0.6) is 11.5 Å². The minimum absolute atomic E-state index is 0.809. The molecular formula is C24H23IN8O2. The highest BCUT2D eigenvalue weighted by Gasteiger charge is 2.12. The lowest BCUT2D eigenvalue weighted by Crippen LogP contribution is -1.93. The van der Waals surface area contributed by atoms with E-state index in [4.69, 9.17) is 9.47 Å². The number of nitrogens with zero attached hydrogens (tertiary/aromatic N) is 8. The molecule has 0 radical (unpaired) electrons. The quantitative estimate of drug-likeness (QED) is 0.291. The molecule has 6 aromatic rings. The monoisotopic (exact) mass is 582 g/mol. The maximum atomic E-state index is 5.44. The van der Waals surface area contributed by atoms with Crippen LogP contribution in [0.4, 0.5) is 0 Å². The van der Waals surface area contributed by atoms with Crippen LogP contribution in [0.2, 0.25) is 0 Å². The molecule has 0 aromatic carbocycles. The van der Waals surface area contributed by atoms with Crippen molar-refractivity contribution in [1.82, 2.24) is 38.8 Å². The third-order valence-corrected chi connectivity index (χ3v) is 6.31.